The third-order valence-electron chi connectivity index (χ3n) is 1.11. The highest BCUT2D eigenvalue weighted by Crippen LogP contribution is 1.99. The second-order valence-corrected chi connectivity index (χ2v) is 2.18. The van der Waals surface area contributed by atoms with Gasteiger partial charge in [-0.3, -0.25) is 0 Å². The Balaban J connectivity index is 3.98. The van der Waals surface area contributed by atoms with Crippen LogP contribution in [0.2, 0.25) is 0 Å². The van der Waals surface area contributed by atoms with Gasteiger partial charge in [-0.05, 0) is 19.4 Å². The van der Waals surface area contributed by atoms with Crippen molar-refractivity contribution < 1.29 is 4.39 Å². The van der Waals surface area contributed by atoms with E-state index in [1.165, 1.54) is 0 Å². The topological polar surface area (TPSA) is 0 Å². The molecular weight excluding hydrogens is 127 g/mol. The predicted molar refractivity (Wildman–Crippen MR) is 43.7 cm³/mol. The fraction of sp³-hybridized carbons (Fsp3) is 0.333. The zero-order valence-electron chi connectivity index (χ0n) is 6.52. The van der Waals surface area contributed by atoms with Gasteiger partial charge >= 0.3 is 0 Å². The molecule has 0 aromatic rings. The Bertz CT molecular complexity index is 164. The minimum Gasteiger partial charge on any atom is -0.246 e. The number of hydrogen-bond acceptors (Lipinski definition) is 0. The van der Waals surface area contributed by atoms with E-state index < -0.39 is 6.67 Å². The summed E-state index contributed by atoms with van der Waals surface area (Å²) in [5, 5.41) is 0. The summed E-state index contributed by atoms with van der Waals surface area (Å²) in [5.74, 6) is 0. The van der Waals surface area contributed by atoms with Crippen LogP contribution >= 0.6 is 0 Å². The van der Waals surface area contributed by atoms with Crippen molar-refractivity contribution in [2.45, 2.75) is 13.8 Å². The van der Waals surface area contributed by atoms with Crippen molar-refractivity contribution in [1.82, 2.24) is 0 Å². The van der Waals surface area contributed by atoms with Crippen LogP contribution in [0.5, 0.6) is 0 Å². The van der Waals surface area contributed by atoms with Gasteiger partial charge in [0, 0.05) is 0 Å². The van der Waals surface area contributed by atoms with Gasteiger partial charge in [0.15, 0.2) is 0 Å². The molecule has 0 heterocycles. The largest absolute Gasteiger partial charge is 0.246 e. The van der Waals surface area contributed by atoms with Crippen molar-refractivity contribution in [2.24, 2.45) is 0 Å². The first-order valence-corrected chi connectivity index (χ1v) is 3.25. The van der Waals surface area contributed by atoms with E-state index in [0.717, 1.165) is 5.57 Å². The Kier molecular flexibility index (Phi) is 4.55. The number of rotatable bonds is 3. The molecule has 0 fully saturated rings. The van der Waals surface area contributed by atoms with Crippen molar-refractivity contribution in [1.29, 1.82) is 0 Å². The standard InChI is InChI=1S/C9H13F/c1-4-9(7-10)6-5-8(2)3/h4-6H,2,7H2,1,3H3/b6-5-,9-4+. The maximum absolute atomic E-state index is 12.0. The summed E-state index contributed by atoms with van der Waals surface area (Å²) >= 11 is 0. The first-order chi connectivity index (χ1) is 4.70. The van der Waals surface area contributed by atoms with Crippen LogP contribution in [-0.2, 0) is 0 Å². The lowest BCUT2D eigenvalue weighted by Gasteiger charge is -1.90. The van der Waals surface area contributed by atoms with Gasteiger partial charge in [-0.2, -0.15) is 0 Å². The fourth-order valence-electron chi connectivity index (χ4n) is 0.467. The van der Waals surface area contributed by atoms with Gasteiger partial charge in [0.1, 0.15) is 6.67 Å². The van der Waals surface area contributed by atoms with E-state index in [9.17, 15) is 4.39 Å². The highest BCUT2D eigenvalue weighted by molar-refractivity contribution is 5.24. The Hall–Kier alpha value is -0.850. The average molecular weight is 140 g/mol. The molecule has 0 N–H and O–H groups in total. The van der Waals surface area contributed by atoms with Crippen LogP contribution in [0.15, 0.2) is 36.0 Å². The highest BCUT2D eigenvalue weighted by Gasteiger charge is 1.85. The molecule has 0 unspecified atom stereocenters. The number of alkyl halides is 1. The normalized spacial score (nSPS) is 12.5. The molecule has 0 aliphatic rings. The molecule has 0 aliphatic heterocycles. The van der Waals surface area contributed by atoms with Gasteiger partial charge in [0.25, 0.3) is 0 Å². The van der Waals surface area contributed by atoms with Crippen molar-refractivity contribution in [3.63, 3.8) is 0 Å². The van der Waals surface area contributed by atoms with E-state index in [-0.39, 0.29) is 0 Å². The lowest BCUT2D eigenvalue weighted by Crippen LogP contribution is -1.78. The van der Waals surface area contributed by atoms with Crippen LogP contribution in [0.3, 0.4) is 0 Å². The fourth-order valence-corrected chi connectivity index (χ4v) is 0.467. The Morgan fingerprint density at radius 3 is 2.40 bits per heavy atom. The second kappa shape index (κ2) is 4.98. The highest BCUT2D eigenvalue weighted by atomic mass is 19.1. The maximum Gasteiger partial charge on any atom is 0.114 e. The molecule has 0 rings (SSSR count). The van der Waals surface area contributed by atoms with Crippen molar-refractivity contribution >= 4 is 0 Å². The minimum atomic E-state index is -0.402. The van der Waals surface area contributed by atoms with Gasteiger partial charge in [-0.1, -0.05) is 30.4 Å². The molecule has 1 heteroatoms. The van der Waals surface area contributed by atoms with E-state index in [2.05, 4.69) is 6.58 Å². The second-order valence-electron chi connectivity index (χ2n) is 2.18. The summed E-state index contributed by atoms with van der Waals surface area (Å²) < 4.78 is 12.0. The van der Waals surface area contributed by atoms with E-state index >= 15 is 0 Å². The summed E-state index contributed by atoms with van der Waals surface area (Å²) in [6, 6.07) is 0. The molecule has 10 heavy (non-hydrogen) atoms. The Labute approximate surface area is 61.8 Å². The average Bonchev–Trinajstić information content (AvgIpc) is 1.90. The molecule has 0 nitrogen and oxygen atoms in total. The molecule has 56 valence electrons. The van der Waals surface area contributed by atoms with Crippen molar-refractivity contribution in [2.75, 3.05) is 6.67 Å². The van der Waals surface area contributed by atoms with Gasteiger partial charge in [0.2, 0.25) is 0 Å². The summed E-state index contributed by atoms with van der Waals surface area (Å²) in [6.45, 7) is 6.95. The molecule has 0 saturated carbocycles. The van der Waals surface area contributed by atoms with Crippen molar-refractivity contribution in [3.8, 4) is 0 Å². The minimum absolute atomic E-state index is 0.402. The lowest BCUT2D eigenvalue weighted by atomic mass is 10.2. The predicted octanol–water partition coefficient (Wildman–Crippen LogP) is 3.03. The van der Waals surface area contributed by atoms with E-state index in [4.69, 9.17) is 0 Å². The van der Waals surface area contributed by atoms with E-state index in [1.807, 2.05) is 13.8 Å². The molecule has 0 radical (unpaired) electrons. The Morgan fingerprint density at radius 1 is 1.50 bits per heavy atom. The molecule has 0 bridgehead atoms. The van der Waals surface area contributed by atoms with Crippen LogP contribution in [0.4, 0.5) is 4.39 Å². The smallest absolute Gasteiger partial charge is 0.114 e. The monoisotopic (exact) mass is 140 g/mol. The van der Waals surface area contributed by atoms with Crippen LogP contribution in [-0.4, -0.2) is 6.67 Å². The van der Waals surface area contributed by atoms with Crippen molar-refractivity contribution in [3.05, 3.63) is 36.0 Å². The van der Waals surface area contributed by atoms with E-state index in [1.54, 1.807) is 18.2 Å². The number of hydrogen-bond donors (Lipinski definition) is 0. The van der Waals surface area contributed by atoms with Gasteiger partial charge in [-0.15, -0.1) is 0 Å². The van der Waals surface area contributed by atoms with Gasteiger partial charge < -0.3 is 0 Å². The van der Waals surface area contributed by atoms with Crippen LogP contribution < -0.4 is 0 Å². The zero-order valence-corrected chi connectivity index (χ0v) is 6.52. The molecule has 0 spiro atoms. The number of allylic oxidation sites excluding steroid dienone is 5. The number of halogens is 1. The van der Waals surface area contributed by atoms with Gasteiger partial charge in [-0.25, -0.2) is 4.39 Å². The first kappa shape index (κ1) is 9.15. The molecule has 0 atom stereocenters. The molecule has 0 aliphatic carbocycles. The molecule has 0 aromatic heterocycles. The molecule has 0 aromatic carbocycles. The summed E-state index contributed by atoms with van der Waals surface area (Å²) in [7, 11) is 0. The van der Waals surface area contributed by atoms with Gasteiger partial charge in [0.05, 0.1) is 0 Å². The summed E-state index contributed by atoms with van der Waals surface area (Å²) in [6.07, 6.45) is 5.29. The molecular formula is C9H13F. The molecule has 0 amide bonds. The Morgan fingerprint density at radius 2 is 2.10 bits per heavy atom. The third kappa shape index (κ3) is 4.07. The third-order valence-corrected chi connectivity index (χ3v) is 1.11. The maximum atomic E-state index is 12.0. The summed E-state index contributed by atoms with van der Waals surface area (Å²) in [4.78, 5) is 0. The zero-order chi connectivity index (χ0) is 7.98. The van der Waals surface area contributed by atoms with Crippen LogP contribution in [0.25, 0.3) is 0 Å². The van der Waals surface area contributed by atoms with Crippen LogP contribution in [0, 0.1) is 0 Å². The first-order valence-electron chi connectivity index (χ1n) is 3.25. The summed E-state index contributed by atoms with van der Waals surface area (Å²) in [5.41, 5.74) is 1.64. The molecule has 0 saturated heterocycles. The quantitative estimate of drug-likeness (QED) is 0.528. The SMILES string of the molecule is C=C(C)/C=C\C(=C/C)CF. The van der Waals surface area contributed by atoms with Crippen LogP contribution in [0.1, 0.15) is 13.8 Å². The van der Waals surface area contributed by atoms with E-state index in [0.29, 0.717) is 5.57 Å². The lowest BCUT2D eigenvalue weighted by molar-refractivity contribution is 0.549.